The highest BCUT2D eigenvalue weighted by atomic mass is 16.6. The van der Waals surface area contributed by atoms with Crippen molar-refractivity contribution in [3.63, 3.8) is 0 Å². The molecule has 0 spiro atoms. The molecule has 0 aliphatic rings. The summed E-state index contributed by atoms with van der Waals surface area (Å²) >= 11 is 0. The van der Waals surface area contributed by atoms with Crippen LogP contribution in [0.3, 0.4) is 0 Å². The van der Waals surface area contributed by atoms with Gasteiger partial charge in [0, 0.05) is 26.4 Å². The average molecular weight is 204 g/mol. The molecule has 0 rings (SSSR count). The van der Waals surface area contributed by atoms with E-state index in [2.05, 4.69) is 0 Å². The third-order valence-corrected chi connectivity index (χ3v) is 3.03. The summed E-state index contributed by atoms with van der Waals surface area (Å²) in [5.74, 6) is 0. The highest BCUT2D eigenvalue weighted by Crippen LogP contribution is 2.12. The van der Waals surface area contributed by atoms with Crippen molar-refractivity contribution in [2.75, 3.05) is 13.7 Å². The van der Waals surface area contributed by atoms with E-state index < -0.39 is 5.72 Å². The Morgan fingerprint density at radius 3 is 2.21 bits per heavy atom. The van der Waals surface area contributed by atoms with Gasteiger partial charge in [-0.1, -0.05) is 13.8 Å². The summed E-state index contributed by atoms with van der Waals surface area (Å²) in [6.45, 7) is 6.45. The quantitative estimate of drug-likeness (QED) is 0.462. The number of ether oxygens (including phenoxy) is 1. The van der Waals surface area contributed by atoms with Gasteiger partial charge in [0.15, 0.2) is 0 Å². The first-order valence-electron chi connectivity index (χ1n) is 5.37. The Hall–Kier alpha value is -0.160. The van der Waals surface area contributed by atoms with Crippen molar-refractivity contribution in [2.45, 2.75) is 51.8 Å². The molecule has 0 aromatic carbocycles. The molecule has 2 unspecified atom stereocenters. The molecule has 0 aliphatic carbocycles. The number of methoxy groups -OCH3 is 1. The SMILES string of the molecule is CCC(CC)(OC)[NH+]([O-])C(C)CCN. The maximum absolute atomic E-state index is 12.1. The summed E-state index contributed by atoms with van der Waals surface area (Å²) in [5.41, 5.74) is 4.85. The first kappa shape index (κ1) is 13.8. The van der Waals surface area contributed by atoms with Crippen molar-refractivity contribution < 1.29 is 9.80 Å². The second kappa shape index (κ2) is 6.35. The van der Waals surface area contributed by atoms with E-state index in [1.165, 1.54) is 0 Å². The number of nitrogens with one attached hydrogen (secondary N) is 1. The standard InChI is InChI=1S/C10H24N2O2/c1-5-10(6-2,14-4)12(13)9(3)7-8-11/h9,12H,5-8,11H2,1-4H3. The van der Waals surface area contributed by atoms with Crippen LogP contribution in [0.25, 0.3) is 0 Å². The van der Waals surface area contributed by atoms with E-state index in [-0.39, 0.29) is 11.1 Å². The van der Waals surface area contributed by atoms with Crippen molar-refractivity contribution in [2.24, 2.45) is 5.73 Å². The highest BCUT2D eigenvalue weighted by Gasteiger charge is 2.35. The van der Waals surface area contributed by atoms with E-state index in [0.29, 0.717) is 6.54 Å². The fourth-order valence-corrected chi connectivity index (χ4v) is 1.82. The molecule has 0 aromatic rings. The van der Waals surface area contributed by atoms with Crippen LogP contribution in [0.5, 0.6) is 0 Å². The van der Waals surface area contributed by atoms with Gasteiger partial charge in [-0.2, -0.15) is 0 Å². The maximum atomic E-state index is 12.1. The fourth-order valence-electron chi connectivity index (χ4n) is 1.82. The van der Waals surface area contributed by atoms with Gasteiger partial charge in [-0.25, -0.2) is 0 Å². The largest absolute Gasteiger partial charge is 0.632 e. The molecule has 0 heterocycles. The number of hydroxylamine groups is 2. The van der Waals surface area contributed by atoms with Crippen LogP contribution in [0.4, 0.5) is 0 Å². The van der Waals surface area contributed by atoms with Crippen molar-refractivity contribution >= 4 is 0 Å². The van der Waals surface area contributed by atoms with Crippen LogP contribution in [0.15, 0.2) is 0 Å². The molecule has 14 heavy (non-hydrogen) atoms. The normalized spacial score (nSPS) is 16.7. The minimum Gasteiger partial charge on any atom is -0.632 e. The molecule has 0 fully saturated rings. The van der Waals surface area contributed by atoms with E-state index in [4.69, 9.17) is 10.5 Å². The second-order valence-electron chi connectivity index (χ2n) is 3.75. The molecule has 0 amide bonds. The zero-order valence-corrected chi connectivity index (χ0v) is 9.80. The lowest BCUT2D eigenvalue weighted by Gasteiger charge is -2.44. The molecule has 4 nitrogen and oxygen atoms in total. The third kappa shape index (κ3) is 2.92. The minimum atomic E-state index is -0.589. The molecule has 3 N–H and O–H groups in total. The number of hydrogen-bond acceptors (Lipinski definition) is 3. The molecule has 0 saturated carbocycles. The number of nitrogens with two attached hydrogens (primary N) is 1. The van der Waals surface area contributed by atoms with E-state index in [1.54, 1.807) is 7.11 Å². The summed E-state index contributed by atoms with van der Waals surface area (Å²) in [6, 6.07) is -0.000139. The summed E-state index contributed by atoms with van der Waals surface area (Å²) in [4.78, 5) is 0. The van der Waals surface area contributed by atoms with Crippen molar-refractivity contribution in [3.8, 4) is 0 Å². The summed E-state index contributed by atoms with van der Waals surface area (Å²) < 4.78 is 5.38. The zero-order valence-electron chi connectivity index (χ0n) is 9.80. The van der Waals surface area contributed by atoms with Gasteiger partial charge in [-0.3, -0.25) is 0 Å². The predicted octanol–water partition coefficient (Wildman–Crippen LogP) is 0.269. The van der Waals surface area contributed by atoms with Crippen LogP contribution in [-0.4, -0.2) is 25.4 Å². The van der Waals surface area contributed by atoms with Crippen LogP contribution in [-0.2, 0) is 4.74 Å². The van der Waals surface area contributed by atoms with Crippen molar-refractivity contribution in [1.82, 2.24) is 0 Å². The minimum absolute atomic E-state index is 0.000139. The van der Waals surface area contributed by atoms with Gasteiger partial charge in [0.05, 0.1) is 6.04 Å². The first-order valence-corrected chi connectivity index (χ1v) is 5.37. The average Bonchev–Trinajstić information content (AvgIpc) is 2.21. The van der Waals surface area contributed by atoms with Gasteiger partial charge in [0.25, 0.3) is 0 Å². The molecule has 2 atom stereocenters. The molecule has 86 valence electrons. The van der Waals surface area contributed by atoms with Gasteiger partial charge >= 0.3 is 0 Å². The Labute approximate surface area is 87.0 Å². The van der Waals surface area contributed by atoms with Gasteiger partial charge in [0.2, 0.25) is 5.72 Å². The molecule has 0 bridgehead atoms. The Morgan fingerprint density at radius 2 is 1.93 bits per heavy atom. The Balaban J connectivity index is 4.48. The summed E-state index contributed by atoms with van der Waals surface area (Å²) in [5, 5.41) is 12.3. The maximum Gasteiger partial charge on any atom is 0.200 e. The number of rotatable bonds is 7. The zero-order chi connectivity index (χ0) is 11.2. The topological polar surface area (TPSA) is 62.8 Å². The Bertz CT molecular complexity index is 141. The van der Waals surface area contributed by atoms with Crippen LogP contribution < -0.4 is 10.8 Å². The van der Waals surface area contributed by atoms with Gasteiger partial charge < -0.3 is 20.7 Å². The van der Waals surface area contributed by atoms with Gasteiger partial charge in [0.1, 0.15) is 0 Å². The lowest BCUT2D eigenvalue weighted by atomic mass is 10.0. The molecule has 4 heteroatoms. The molecular weight excluding hydrogens is 180 g/mol. The smallest absolute Gasteiger partial charge is 0.200 e. The highest BCUT2D eigenvalue weighted by molar-refractivity contribution is 4.65. The van der Waals surface area contributed by atoms with Crippen LogP contribution >= 0.6 is 0 Å². The number of hydrogen-bond donors (Lipinski definition) is 2. The Kier molecular flexibility index (Phi) is 6.27. The molecule has 0 aliphatic heterocycles. The monoisotopic (exact) mass is 204 g/mol. The van der Waals surface area contributed by atoms with Crippen LogP contribution in [0.2, 0.25) is 0 Å². The fraction of sp³-hybridized carbons (Fsp3) is 1.00. The molecule has 0 aromatic heterocycles. The second-order valence-corrected chi connectivity index (χ2v) is 3.75. The lowest BCUT2D eigenvalue weighted by molar-refractivity contribution is -0.956. The van der Waals surface area contributed by atoms with Crippen molar-refractivity contribution in [1.29, 1.82) is 0 Å². The van der Waals surface area contributed by atoms with Gasteiger partial charge in [-0.15, -0.1) is 0 Å². The molecule has 0 saturated heterocycles. The van der Waals surface area contributed by atoms with E-state index in [9.17, 15) is 5.21 Å². The van der Waals surface area contributed by atoms with Crippen LogP contribution in [0.1, 0.15) is 40.0 Å². The molecular formula is C10H24N2O2. The van der Waals surface area contributed by atoms with Crippen LogP contribution in [0, 0.1) is 5.21 Å². The predicted molar refractivity (Wildman–Crippen MR) is 57.8 cm³/mol. The van der Waals surface area contributed by atoms with Gasteiger partial charge in [-0.05, 0) is 13.5 Å². The Morgan fingerprint density at radius 1 is 1.43 bits per heavy atom. The third-order valence-electron chi connectivity index (χ3n) is 3.03. The van der Waals surface area contributed by atoms with E-state index in [1.807, 2.05) is 20.8 Å². The lowest BCUT2D eigenvalue weighted by Crippen LogP contribution is -3.19. The van der Waals surface area contributed by atoms with E-state index in [0.717, 1.165) is 19.3 Å². The van der Waals surface area contributed by atoms with E-state index >= 15 is 0 Å². The molecule has 0 radical (unpaired) electrons. The summed E-state index contributed by atoms with van der Waals surface area (Å²) in [6.07, 6.45) is 2.20. The number of quaternary nitrogens is 1. The first-order chi connectivity index (χ1) is 6.57. The van der Waals surface area contributed by atoms with Crippen molar-refractivity contribution in [3.05, 3.63) is 5.21 Å². The summed E-state index contributed by atoms with van der Waals surface area (Å²) in [7, 11) is 1.61.